The third-order valence-corrected chi connectivity index (χ3v) is 11.0. The fourth-order valence-corrected chi connectivity index (χ4v) is 8.21. The van der Waals surface area contributed by atoms with Gasteiger partial charge in [0.1, 0.15) is 5.78 Å². The highest BCUT2D eigenvalue weighted by Gasteiger charge is 2.28. The van der Waals surface area contributed by atoms with Crippen molar-refractivity contribution >= 4 is 35.0 Å². The highest BCUT2D eigenvalue weighted by molar-refractivity contribution is 6.39. The van der Waals surface area contributed by atoms with Gasteiger partial charge in [-0.15, -0.1) is 0 Å². The highest BCUT2D eigenvalue weighted by atomic mass is 35.5. The fraction of sp³-hybridized carbons (Fsp3) is 0.366. The largest absolute Gasteiger partial charge is 0.481 e. The first kappa shape index (κ1) is 36.2. The average molecular weight is 716 g/mol. The number of aliphatic carboxylic acids is 1. The number of halogens is 2. The third-order valence-electron chi connectivity index (χ3n) is 10.2. The van der Waals surface area contributed by atoms with Gasteiger partial charge in [0, 0.05) is 66.9 Å². The van der Waals surface area contributed by atoms with E-state index in [1.807, 2.05) is 36.4 Å². The smallest absolute Gasteiger partial charge is 0.306 e. The molecule has 0 fully saturated rings. The van der Waals surface area contributed by atoms with Gasteiger partial charge in [-0.3, -0.25) is 19.4 Å². The molecule has 3 N–H and O–H groups in total. The molecular formula is C41H44Cl2N2O5. The van der Waals surface area contributed by atoms with Crippen LogP contribution in [0.1, 0.15) is 55.9 Å². The second kappa shape index (κ2) is 15.4. The van der Waals surface area contributed by atoms with E-state index in [9.17, 15) is 19.8 Å². The zero-order valence-electron chi connectivity index (χ0n) is 28.7. The zero-order valence-corrected chi connectivity index (χ0v) is 30.2. The Labute approximate surface area is 304 Å². The number of hydrogen-bond donors (Lipinski definition) is 3. The lowest BCUT2D eigenvalue weighted by atomic mass is 9.89. The second-order valence-electron chi connectivity index (χ2n) is 14.1. The van der Waals surface area contributed by atoms with Gasteiger partial charge in [-0.1, -0.05) is 96.0 Å². The lowest BCUT2D eigenvalue weighted by Gasteiger charge is -2.36. The molecular weight excluding hydrogens is 671 g/mol. The van der Waals surface area contributed by atoms with Crippen LogP contribution in [0.4, 0.5) is 0 Å². The Kier molecular flexibility index (Phi) is 11.1. The summed E-state index contributed by atoms with van der Waals surface area (Å²) in [6.07, 6.45) is -0.0368. The third kappa shape index (κ3) is 7.99. The van der Waals surface area contributed by atoms with Gasteiger partial charge in [-0.25, -0.2) is 0 Å². The van der Waals surface area contributed by atoms with Crippen molar-refractivity contribution < 1.29 is 24.9 Å². The van der Waals surface area contributed by atoms with E-state index in [-0.39, 0.29) is 30.7 Å². The van der Waals surface area contributed by atoms with Gasteiger partial charge in [-0.2, -0.15) is 0 Å². The maximum absolute atomic E-state index is 11.5. The SMILES string of the molecule is CC(=O)CC(O)CN1Cc2ccc(-c3cccc(-c4cccc(-c5ccc6c(c5)CC(C)N(CC(O)CC(=O)O)C6)c4Cl)c3Cl)cc2CC1C. The molecule has 0 saturated heterocycles. The van der Waals surface area contributed by atoms with E-state index in [4.69, 9.17) is 28.3 Å². The van der Waals surface area contributed by atoms with Gasteiger partial charge in [0.15, 0.2) is 0 Å². The normalized spacial score (nSPS) is 19.0. The van der Waals surface area contributed by atoms with E-state index >= 15 is 0 Å². The van der Waals surface area contributed by atoms with Crippen LogP contribution in [0.15, 0.2) is 72.8 Å². The number of aliphatic hydroxyl groups excluding tert-OH is 2. The van der Waals surface area contributed by atoms with Crippen LogP contribution >= 0.6 is 23.2 Å². The van der Waals surface area contributed by atoms with Gasteiger partial charge in [-0.05, 0) is 67.0 Å². The number of carboxylic acid groups (broad SMARTS) is 1. The summed E-state index contributed by atoms with van der Waals surface area (Å²) in [5.74, 6) is -1.00. The van der Waals surface area contributed by atoms with Crippen molar-refractivity contribution in [3.05, 3.63) is 105 Å². The zero-order chi connectivity index (χ0) is 35.7. The molecule has 262 valence electrons. The molecule has 2 heterocycles. The van der Waals surface area contributed by atoms with Crippen LogP contribution in [0.3, 0.4) is 0 Å². The standard InChI is InChI=1S/C41H44Cl2N2O5/c1-24-14-31-17-27(10-12-29(31)20-44(24)22-33(47)16-26(3)46)35-6-4-8-37(40(35)42)38-9-5-7-36(41(38)43)28-11-13-30-21-45(23-34(48)19-39(49)50)25(2)15-32(30)18-28/h4-13,17-18,24-25,33-34,47-48H,14-16,19-23H2,1-3H3,(H,49,50). The molecule has 2 aliphatic heterocycles. The van der Waals surface area contributed by atoms with Crippen LogP contribution in [0.2, 0.25) is 10.0 Å². The minimum absolute atomic E-state index is 0.00378. The Hall–Kier alpha value is -3.56. The lowest BCUT2D eigenvalue weighted by Crippen LogP contribution is -2.43. The van der Waals surface area contributed by atoms with Crippen LogP contribution in [-0.4, -0.2) is 74.3 Å². The first-order chi connectivity index (χ1) is 23.9. The minimum atomic E-state index is -0.998. The molecule has 0 amide bonds. The molecule has 0 aromatic heterocycles. The maximum atomic E-state index is 11.5. The Morgan fingerprint density at radius 2 is 1.10 bits per heavy atom. The Bertz CT molecular complexity index is 1780. The topological polar surface area (TPSA) is 101 Å². The summed E-state index contributed by atoms with van der Waals surface area (Å²) in [6.45, 7) is 7.93. The van der Waals surface area contributed by atoms with Crippen LogP contribution in [0.25, 0.3) is 33.4 Å². The summed E-state index contributed by atoms with van der Waals surface area (Å²) in [5.41, 5.74) is 10.5. The summed E-state index contributed by atoms with van der Waals surface area (Å²) in [7, 11) is 0. The van der Waals surface area contributed by atoms with E-state index in [1.165, 1.54) is 23.6 Å². The summed E-state index contributed by atoms with van der Waals surface area (Å²) >= 11 is 14.4. The van der Waals surface area contributed by atoms with Gasteiger partial charge >= 0.3 is 5.97 Å². The van der Waals surface area contributed by atoms with Crippen LogP contribution < -0.4 is 0 Å². The number of carbonyl (C=O) groups excluding carboxylic acids is 1. The summed E-state index contributed by atoms with van der Waals surface area (Å²) < 4.78 is 0. The highest BCUT2D eigenvalue weighted by Crippen LogP contribution is 2.43. The summed E-state index contributed by atoms with van der Waals surface area (Å²) in [4.78, 5) is 26.9. The van der Waals surface area contributed by atoms with Gasteiger partial charge in [0.2, 0.25) is 0 Å². The number of β-amino-alcohol motifs (C(OH)–C–C–N with tert-alkyl or cyclic N) is 2. The first-order valence-electron chi connectivity index (χ1n) is 17.2. The average Bonchev–Trinajstić information content (AvgIpc) is 3.05. The quantitative estimate of drug-likeness (QED) is 0.147. The molecule has 0 radical (unpaired) electrons. The Morgan fingerprint density at radius 3 is 1.52 bits per heavy atom. The molecule has 4 unspecified atom stereocenters. The van der Waals surface area contributed by atoms with Gasteiger partial charge in [0.25, 0.3) is 0 Å². The molecule has 0 bridgehead atoms. The van der Waals surface area contributed by atoms with Crippen molar-refractivity contribution in [2.45, 2.75) is 83.8 Å². The molecule has 0 saturated carbocycles. The van der Waals surface area contributed by atoms with Crippen LogP contribution in [-0.2, 0) is 35.5 Å². The predicted octanol–water partition coefficient (Wildman–Crippen LogP) is 7.66. The van der Waals surface area contributed by atoms with E-state index in [0.29, 0.717) is 29.7 Å². The number of ketones is 1. The number of carbonyl (C=O) groups is 2. The van der Waals surface area contributed by atoms with Crippen molar-refractivity contribution in [2.75, 3.05) is 13.1 Å². The molecule has 0 spiro atoms. The Morgan fingerprint density at radius 1 is 0.680 bits per heavy atom. The van der Waals surface area contributed by atoms with E-state index < -0.39 is 18.2 Å². The van der Waals surface area contributed by atoms with Crippen molar-refractivity contribution in [3.63, 3.8) is 0 Å². The maximum Gasteiger partial charge on any atom is 0.306 e. The lowest BCUT2D eigenvalue weighted by molar-refractivity contribution is -0.139. The number of carboxylic acids is 1. The molecule has 0 aliphatic carbocycles. The number of hydrogen-bond acceptors (Lipinski definition) is 6. The van der Waals surface area contributed by atoms with Crippen LogP contribution in [0.5, 0.6) is 0 Å². The van der Waals surface area contributed by atoms with Crippen LogP contribution in [0, 0.1) is 0 Å². The molecule has 4 atom stereocenters. The van der Waals surface area contributed by atoms with Crippen molar-refractivity contribution in [3.8, 4) is 33.4 Å². The molecule has 50 heavy (non-hydrogen) atoms. The molecule has 9 heteroatoms. The van der Waals surface area contributed by atoms with Crippen molar-refractivity contribution in [1.29, 1.82) is 0 Å². The molecule has 4 aromatic carbocycles. The number of nitrogens with zero attached hydrogens (tertiary/aromatic N) is 2. The number of fused-ring (bicyclic) bond motifs is 2. The predicted molar refractivity (Wildman–Crippen MR) is 199 cm³/mol. The van der Waals surface area contributed by atoms with Gasteiger partial charge < -0.3 is 15.3 Å². The first-order valence-corrected chi connectivity index (χ1v) is 18.0. The van der Waals surface area contributed by atoms with E-state index in [0.717, 1.165) is 58.3 Å². The fourth-order valence-electron chi connectivity index (χ4n) is 7.54. The van der Waals surface area contributed by atoms with E-state index in [1.54, 1.807) is 0 Å². The van der Waals surface area contributed by atoms with Crippen molar-refractivity contribution in [2.24, 2.45) is 0 Å². The minimum Gasteiger partial charge on any atom is -0.481 e. The summed E-state index contributed by atoms with van der Waals surface area (Å²) in [5, 5.41) is 30.9. The number of benzene rings is 4. The second-order valence-corrected chi connectivity index (χ2v) is 14.8. The number of aliphatic hydroxyl groups is 2. The molecule has 6 rings (SSSR count). The monoisotopic (exact) mass is 714 g/mol. The molecule has 2 aliphatic rings. The van der Waals surface area contributed by atoms with E-state index in [2.05, 4.69) is 60.0 Å². The number of Topliss-reactive ketones (excluding diaryl/α,β-unsaturated/α-hetero) is 1. The van der Waals surface area contributed by atoms with Crippen molar-refractivity contribution in [1.82, 2.24) is 9.80 Å². The molecule has 4 aromatic rings. The number of rotatable bonds is 11. The summed E-state index contributed by atoms with van der Waals surface area (Å²) in [6, 6.07) is 25.3. The van der Waals surface area contributed by atoms with Gasteiger partial charge in [0.05, 0.1) is 28.7 Å². The molecule has 7 nitrogen and oxygen atoms in total. The Balaban J connectivity index is 1.24.